The van der Waals surface area contributed by atoms with Crippen LogP contribution in [0.3, 0.4) is 0 Å². The third kappa shape index (κ3) is 4.20. The number of halogens is 2. The van der Waals surface area contributed by atoms with E-state index in [2.05, 4.69) is 5.32 Å². The van der Waals surface area contributed by atoms with Crippen LogP contribution in [0.1, 0.15) is 35.1 Å². The Kier molecular flexibility index (Phi) is 5.86. The third-order valence-electron chi connectivity index (χ3n) is 4.27. The SMILES string of the molecule is O=C(NCC(O)c1ccco1)C1CCCN1C(=O)c1cc(Cl)cc(Cl)c1. The second kappa shape index (κ2) is 8.12. The largest absolute Gasteiger partial charge is 0.467 e. The van der Waals surface area contributed by atoms with Gasteiger partial charge in [-0.3, -0.25) is 9.59 Å². The summed E-state index contributed by atoms with van der Waals surface area (Å²) in [5.74, 6) is -0.230. The van der Waals surface area contributed by atoms with Crippen molar-refractivity contribution < 1.29 is 19.1 Å². The lowest BCUT2D eigenvalue weighted by Gasteiger charge is -2.24. The molecule has 1 aliphatic rings. The standard InChI is InChI=1S/C18H18Cl2N2O4/c19-12-7-11(8-13(20)9-12)18(25)22-5-1-3-14(22)17(24)21-10-15(23)16-4-2-6-26-16/h2,4,6-9,14-15,23H,1,3,5,10H2,(H,21,24). The summed E-state index contributed by atoms with van der Waals surface area (Å²) < 4.78 is 5.10. The van der Waals surface area contributed by atoms with E-state index in [9.17, 15) is 14.7 Å². The quantitative estimate of drug-likeness (QED) is 0.813. The number of hydrogen-bond donors (Lipinski definition) is 2. The zero-order valence-electron chi connectivity index (χ0n) is 13.8. The van der Waals surface area contributed by atoms with Crippen LogP contribution < -0.4 is 5.32 Å². The van der Waals surface area contributed by atoms with Gasteiger partial charge in [0.2, 0.25) is 5.91 Å². The Bertz CT molecular complexity index is 774. The average Bonchev–Trinajstić information content (AvgIpc) is 3.29. The van der Waals surface area contributed by atoms with Crippen molar-refractivity contribution in [2.75, 3.05) is 13.1 Å². The minimum absolute atomic E-state index is 0.00781. The van der Waals surface area contributed by atoms with Crippen LogP contribution in [0.5, 0.6) is 0 Å². The Morgan fingerprint density at radius 2 is 2.04 bits per heavy atom. The van der Waals surface area contributed by atoms with Gasteiger partial charge in [0.05, 0.1) is 12.8 Å². The molecule has 2 unspecified atom stereocenters. The number of likely N-dealkylation sites (tertiary alicyclic amines) is 1. The van der Waals surface area contributed by atoms with Gasteiger partial charge in [-0.25, -0.2) is 0 Å². The summed E-state index contributed by atoms with van der Waals surface area (Å²) in [6.45, 7) is 0.482. The fourth-order valence-electron chi connectivity index (χ4n) is 3.02. The molecule has 138 valence electrons. The number of nitrogens with zero attached hydrogens (tertiary/aromatic N) is 1. The zero-order valence-corrected chi connectivity index (χ0v) is 15.3. The molecular weight excluding hydrogens is 379 g/mol. The summed E-state index contributed by atoms with van der Waals surface area (Å²) in [6.07, 6.45) is 1.79. The topological polar surface area (TPSA) is 82.8 Å². The highest BCUT2D eigenvalue weighted by atomic mass is 35.5. The van der Waals surface area contributed by atoms with Gasteiger partial charge < -0.3 is 19.7 Å². The van der Waals surface area contributed by atoms with Crippen LogP contribution in [0.25, 0.3) is 0 Å². The van der Waals surface area contributed by atoms with E-state index in [0.29, 0.717) is 34.3 Å². The Labute approximate surface area is 160 Å². The smallest absolute Gasteiger partial charge is 0.254 e. The number of rotatable bonds is 5. The summed E-state index contributed by atoms with van der Waals surface area (Å²) >= 11 is 11.9. The number of hydrogen-bond acceptors (Lipinski definition) is 4. The summed E-state index contributed by atoms with van der Waals surface area (Å²) in [6, 6.07) is 7.31. The maximum absolute atomic E-state index is 12.8. The summed E-state index contributed by atoms with van der Waals surface area (Å²) in [7, 11) is 0. The van der Waals surface area contributed by atoms with E-state index in [1.165, 1.54) is 23.3 Å². The second-order valence-electron chi connectivity index (χ2n) is 6.09. The van der Waals surface area contributed by atoms with E-state index in [0.717, 1.165) is 6.42 Å². The molecule has 1 saturated heterocycles. The van der Waals surface area contributed by atoms with Gasteiger partial charge in [0.25, 0.3) is 5.91 Å². The first-order chi connectivity index (χ1) is 12.5. The van der Waals surface area contributed by atoms with Crippen LogP contribution in [-0.4, -0.2) is 41.0 Å². The molecule has 1 aliphatic heterocycles. The monoisotopic (exact) mass is 396 g/mol. The number of carbonyl (C=O) groups is 2. The molecule has 8 heteroatoms. The van der Waals surface area contributed by atoms with Crippen LogP contribution in [0, 0.1) is 0 Å². The Hall–Kier alpha value is -2.02. The second-order valence-corrected chi connectivity index (χ2v) is 6.96. The van der Waals surface area contributed by atoms with E-state index in [-0.39, 0.29) is 18.4 Å². The first-order valence-electron chi connectivity index (χ1n) is 8.22. The molecule has 2 aromatic rings. The number of aliphatic hydroxyl groups is 1. The molecule has 0 aliphatic carbocycles. The van der Waals surface area contributed by atoms with E-state index in [1.807, 2.05) is 0 Å². The maximum Gasteiger partial charge on any atom is 0.254 e. The number of aliphatic hydroxyl groups excluding tert-OH is 1. The van der Waals surface area contributed by atoms with Crippen LogP contribution in [0.2, 0.25) is 10.0 Å². The van der Waals surface area contributed by atoms with E-state index >= 15 is 0 Å². The molecule has 6 nitrogen and oxygen atoms in total. The Balaban J connectivity index is 1.65. The maximum atomic E-state index is 12.8. The predicted octanol–water partition coefficient (Wildman–Crippen LogP) is 3.04. The summed E-state index contributed by atoms with van der Waals surface area (Å²) in [4.78, 5) is 26.8. The molecule has 26 heavy (non-hydrogen) atoms. The van der Waals surface area contributed by atoms with Crippen molar-refractivity contribution in [3.63, 3.8) is 0 Å². The Morgan fingerprint density at radius 3 is 2.69 bits per heavy atom. The third-order valence-corrected chi connectivity index (χ3v) is 4.70. The molecule has 1 aromatic carbocycles. The highest BCUT2D eigenvalue weighted by Gasteiger charge is 2.34. The van der Waals surface area contributed by atoms with E-state index < -0.39 is 12.1 Å². The molecule has 0 bridgehead atoms. The van der Waals surface area contributed by atoms with Gasteiger partial charge in [-0.2, -0.15) is 0 Å². The van der Waals surface area contributed by atoms with Crippen molar-refractivity contribution in [3.05, 3.63) is 58.0 Å². The van der Waals surface area contributed by atoms with E-state index in [1.54, 1.807) is 18.2 Å². The lowest BCUT2D eigenvalue weighted by atomic mass is 10.1. The molecule has 0 saturated carbocycles. The van der Waals surface area contributed by atoms with Crippen LogP contribution in [-0.2, 0) is 4.79 Å². The van der Waals surface area contributed by atoms with Gasteiger partial charge in [-0.1, -0.05) is 23.2 Å². The molecule has 0 spiro atoms. The first kappa shape index (κ1) is 18.8. The molecule has 2 N–H and O–H groups in total. The minimum atomic E-state index is -0.939. The molecular formula is C18H18Cl2N2O4. The predicted molar refractivity (Wildman–Crippen MR) is 97.2 cm³/mol. The fraction of sp³-hybridized carbons (Fsp3) is 0.333. The number of furan rings is 1. The summed E-state index contributed by atoms with van der Waals surface area (Å²) in [5.41, 5.74) is 0.345. The van der Waals surface area contributed by atoms with Crippen molar-refractivity contribution in [3.8, 4) is 0 Å². The van der Waals surface area contributed by atoms with Gasteiger partial charge in [0.15, 0.2) is 0 Å². The molecule has 3 rings (SSSR count). The van der Waals surface area contributed by atoms with Crippen LogP contribution >= 0.6 is 23.2 Å². The van der Waals surface area contributed by atoms with Crippen LogP contribution in [0.15, 0.2) is 41.0 Å². The van der Waals surface area contributed by atoms with Crippen LogP contribution in [0.4, 0.5) is 0 Å². The lowest BCUT2D eigenvalue weighted by Crippen LogP contribution is -2.46. The van der Waals surface area contributed by atoms with Gasteiger partial charge in [-0.15, -0.1) is 0 Å². The number of benzene rings is 1. The van der Waals surface area contributed by atoms with Crippen molar-refractivity contribution >= 4 is 35.0 Å². The van der Waals surface area contributed by atoms with Crippen molar-refractivity contribution in [2.24, 2.45) is 0 Å². The summed E-state index contributed by atoms with van der Waals surface area (Å²) in [5, 5.41) is 13.4. The number of carbonyl (C=O) groups excluding carboxylic acids is 2. The minimum Gasteiger partial charge on any atom is -0.467 e. The molecule has 2 amide bonds. The molecule has 2 atom stereocenters. The highest BCUT2D eigenvalue weighted by molar-refractivity contribution is 6.35. The average molecular weight is 397 g/mol. The number of nitrogens with one attached hydrogen (secondary N) is 1. The molecule has 1 aromatic heterocycles. The molecule has 0 radical (unpaired) electrons. The van der Waals surface area contributed by atoms with E-state index in [4.69, 9.17) is 27.6 Å². The van der Waals surface area contributed by atoms with Crippen molar-refractivity contribution in [2.45, 2.75) is 25.0 Å². The fourth-order valence-corrected chi connectivity index (χ4v) is 3.55. The highest BCUT2D eigenvalue weighted by Crippen LogP contribution is 2.24. The first-order valence-corrected chi connectivity index (χ1v) is 8.97. The number of amides is 2. The van der Waals surface area contributed by atoms with Gasteiger partial charge in [-0.05, 0) is 43.2 Å². The normalized spacial score (nSPS) is 18.0. The van der Waals surface area contributed by atoms with Gasteiger partial charge in [0, 0.05) is 22.2 Å². The molecule has 2 heterocycles. The van der Waals surface area contributed by atoms with Crippen molar-refractivity contribution in [1.82, 2.24) is 10.2 Å². The van der Waals surface area contributed by atoms with Gasteiger partial charge in [0.1, 0.15) is 17.9 Å². The van der Waals surface area contributed by atoms with Crippen molar-refractivity contribution in [1.29, 1.82) is 0 Å². The van der Waals surface area contributed by atoms with Gasteiger partial charge >= 0.3 is 0 Å². The lowest BCUT2D eigenvalue weighted by molar-refractivity contribution is -0.125. The molecule has 1 fully saturated rings. The Morgan fingerprint density at radius 1 is 1.31 bits per heavy atom. The zero-order chi connectivity index (χ0) is 18.7.